The molecule has 7 heteroatoms. The van der Waals surface area contributed by atoms with Crippen LogP contribution in [0.3, 0.4) is 0 Å². The van der Waals surface area contributed by atoms with E-state index in [1.54, 1.807) is 26.4 Å². The molecule has 0 saturated carbocycles. The minimum absolute atomic E-state index is 0.0787. The van der Waals surface area contributed by atoms with E-state index >= 15 is 0 Å². The zero-order valence-electron chi connectivity index (χ0n) is 24.5. The number of aliphatic hydroxyl groups is 1. The van der Waals surface area contributed by atoms with Crippen LogP contribution >= 0.6 is 0 Å². The summed E-state index contributed by atoms with van der Waals surface area (Å²) in [4.78, 5) is 12.9. The van der Waals surface area contributed by atoms with Gasteiger partial charge in [-0.1, -0.05) is 45.9 Å². The van der Waals surface area contributed by atoms with Crippen molar-refractivity contribution in [3.05, 3.63) is 59.4 Å². The minimum Gasteiger partial charge on any atom is -0.493 e. The summed E-state index contributed by atoms with van der Waals surface area (Å²) in [6.45, 7) is 9.98. The lowest BCUT2D eigenvalue weighted by Gasteiger charge is -2.26. The number of amides is 1. The normalized spacial score (nSPS) is 13.8. The average molecular weight is 546 g/mol. The van der Waals surface area contributed by atoms with Gasteiger partial charge in [0.05, 0.1) is 19.8 Å². The fraction of sp³-hybridized carbons (Fsp3) is 0.594. The Balaban J connectivity index is 1.93. The third-order valence-corrected chi connectivity index (χ3v) is 7.34. The van der Waals surface area contributed by atoms with Crippen LogP contribution in [-0.2, 0) is 22.5 Å². The van der Waals surface area contributed by atoms with E-state index in [1.165, 1.54) is 17.7 Å². The molecule has 218 valence electrons. The molecule has 3 atom stereocenters. The highest BCUT2D eigenvalue weighted by Gasteiger charge is 2.26. The van der Waals surface area contributed by atoms with Crippen LogP contribution in [0.1, 0.15) is 64.5 Å². The van der Waals surface area contributed by atoms with Gasteiger partial charge in [-0.2, -0.15) is 0 Å². The van der Waals surface area contributed by atoms with Crippen molar-refractivity contribution in [1.29, 1.82) is 0 Å². The topological polar surface area (TPSA) is 77.0 Å². The molecule has 0 bridgehead atoms. The van der Waals surface area contributed by atoms with Crippen molar-refractivity contribution in [1.82, 2.24) is 5.32 Å². The molecule has 1 amide bonds. The summed E-state index contributed by atoms with van der Waals surface area (Å²) in [5.74, 6) is 1.68. The highest BCUT2D eigenvalue weighted by molar-refractivity contribution is 5.78. The van der Waals surface area contributed by atoms with E-state index in [-0.39, 0.29) is 23.6 Å². The second kappa shape index (κ2) is 17.1. The summed E-state index contributed by atoms with van der Waals surface area (Å²) in [6, 6.07) is 12.2. The predicted molar refractivity (Wildman–Crippen MR) is 153 cm³/mol. The molecule has 0 heterocycles. The standard InChI is InChI=1S/C32H48FNO5/c1-22(2)26(18-25-10-15-30(38-6)31(19-25)39-17-7-16-37-5)11-14-28(35)20-29(23(3)4)32(36)34-21-24-8-12-27(33)13-9-24/h8-10,12-13,15,19,22-23,26,28-29,35H,7,11,14,16-18,20-21H2,1-6H3,(H,34,36)/t26-,28-,29+/m1/s1. The van der Waals surface area contributed by atoms with Crippen LogP contribution < -0.4 is 14.8 Å². The van der Waals surface area contributed by atoms with Crippen LogP contribution in [0.15, 0.2) is 42.5 Å². The third kappa shape index (κ3) is 11.6. The number of hydrogen-bond donors (Lipinski definition) is 2. The van der Waals surface area contributed by atoms with Gasteiger partial charge in [-0.3, -0.25) is 4.79 Å². The van der Waals surface area contributed by atoms with E-state index < -0.39 is 6.10 Å². The number of halogens is 1. The molecule has 0 aliphatic rings. The van der Waals surface area contributed by atoms with Gasteiger partial charge in [-0.15, -0.1) is 0 Å². The molecule has 6 nitrogen and oxygen atoms in total. The van der Waals surface area contributed by atoms with Gasteiger partial charge >= 0.3 is 0 Å². The van der Waals surface area contributed by atoms with Gasteiger partial charge in [0.1, 0.15) is 5.82 Å². The summed E-state index contributed by atoms with van der Waals surface area (Å²) in [6.07, 6.45) is 3.02. The van der Waals surface area contributed by atoms with E-state index in [9.17, 15) is 14.3 Å². The Morgan fingerprint density at radius 3 is 2.23 bits per heavy atom. The number of benzene rings is 2. The molecule has 39 heavy (non-hydrogen) atoms. The maximum Gasteiger partial charge on any atom is 0.223 e. The molecular weight excluding hydrogens is 497 g/mol. The van der Waals surface area contributed by atoms with Gasteiger partial charge in [0.25, 0.3) is 0 Å². The molecule has 0 spiro atoms. The van der Waals surface area contributed by atoms with Crippen molar-refractivity contribution in [3.8, 4) is 11.5 Å². The summed E-state index contributed by atoms with van der Waals surface area (Å²) >= 11 is 0. The van der Waals surface area contributed by atoms with Crippen LogP contribution in [0.5, 0.6) is 11.5 Å². The van der Waals surface area contributed by atoms with Gasteiger partial charge in [0.15, 0.2) is 11.5 Å². The van der Waals surface area contributed by atoms with Crippen molar-refractivity contribution in [2.45, 2.75) is 72.4 Å². The molecule has 2 aromatic rings. The first-order chi connectivity index (χ1) is 18.6. The zero-order valence-corrected chi connectivity index (χ0v) is 24.5. The minimum atomic E-state index is -0.564. The fourth-order valence-electron chi connectivity index (χ4n) is 4.74. The number of carbonyl (C=O) groups excluding carboxylic acids is 1. The van der Waals surface area contributed by atoms with E-state index in [1.807, 2.05) is 19.9 Å². The first-order valence-corrected chi connectivity index (χ1v) is 14.1. The number of methoxy groups -OCH3 is 2. The highest BCUT2D eigenvalue weighted by atomic mass is 19.1. The van der Waals surface area contributed by atoms with Gasteiger partial charge in [0, 0.05) is 32.6 Å². The van der Waals surface area contributed by atoms with Crippen LogP contribution in [0.2, 0.25) is 0 Å². The fourth-order valence-corrected chi connectivity index (χ4v) is 4.74. The number of ether oxygens (including phenoxy) is 3. The van der Waals surface area contributed by atoms with E-state index in [4.69, 9.17) is 14.2 Å². The SMILES string of the molecule is COCCCOc1cc(C[C@@H](CC[C@@H](O)C[C@H](C(=O)NCc2ccc(F)cc2)C(C)C)C(C)C)ccc1OC. The molecule has 0 aromatic heterocycles. The molecule has 0 aliphatic carbocycles. The van der Waals surface area contributed by atoms with Crippen molar-refractivity contribution in [3.63, 3.8) is 0 Å². The molecule has 0 radical (unpaired) electrons. The summed E-state index contributed by atoms with van der Waals surface area (Å²) in [5, 5.41) is 13.9. The summed E-state index contributed by atoms with van der Waals surface area (Å²) < 4.78 is 29.7. The van der Waals surface area contributed by atoms with E-state index in [2.05, 4.69) is 31.3 Å². The Hall–Kier alpha value is -2.64. The van der Waals surface area contributed by atoms with Gasteiger partial charge in [-0.05, 0) is 78.8 Å². The highest BCUT2D eigenvalue weighted by Crippen LogP contribution is 2.32. The number of aliphatic hydroxyl groups excluding tert-OH is 1. The average Bonchev–Trinajstić information content (AvgIpc) is 2.91. The van der Waals surface area contributed by atoms with Gasteiger partial charge in [0.2, 0.25) is 5.91 Å². The lowest BCUT2D eigenvalue weighted by molar-refractivity contribution is -0.127. The predicted octanol–water partition coefficient (Wildman–Crippen LogP) is 6.18. The van der Waals surface area contributed by atoms with Crippen molar-refractivity contribution in [2.75, 3.05) is 27.4 Å². The largest absolute Gasteiger partial charge is 0.493 e. The van der Waals surface area contributed by atoms with Crippen molar-refractivity contribution >= 4 is 5.91 Å². The Morgan fingerprint density at radius 1 is 0.923 bits per heavy atom. The van der Waals surface area contributed by atoms with Gasteiger partial charge < -0.3 is 24.6 Å². The molecule has 0 fully saturated rings. The number of hydrogen-bond acceptors (Lipinski definition) is 5. The number of rotatable bonds is 18. The second-order valence-electron chi connectivity index (χ2n) is 11.0. The quantitative estimate of drug-likeness (QED) is 0.219. The summed E-state index contributed by atoms with van der Waals surface area (Å²) in [5.41, 5.74) is 2.01. The Labute approximate surface area is 234 Å². The Bertz CT molecular complexity index is 979. The Kier molecular flexibility index (Phi) is 14.3. The van der Waals surface area contributed by atoms with Crippen LogP contribution in [0.4, 0.5) is 4.39 Å². The van der Waals surface area contributed by atoms with Crippen LogP contribution in [0.25, 0.3) is 0 Å². The lowest BCUT2D eigenvalue weighted by atomic mass is 9.82. The molecular formula is C32H48FNO5. The molecule has 2 rings (SSSR count). The maximum atomic E-state index is 13.2. The molecule has 0 unspecified atom stereocenters. The number of carbonyl (C=O) groups is 1. The van der Waals surface area contributed by atoms with Crippen LogP contribution in [-0.4, -0.2) is 44.6 Å². The van der Waals surface area contributed by atoms with E-state index in [0.717, 1.165) is 30.6 Å². The molecule has 0 aliphatic heterocycles. The smallest absolute Gasteiger partial charge is 0.223 e. The second-order valence-corrected chi connectivity index (χ2v) is 11.0. The number of nitrogens with one attached hydrogen (secondary N) is 1. The van der Waals surface area contributed by atoms with Crippen LogP contribution in [0, 0.1) is 29.5 Å². The molecule has 0 saturated heterocycles. The molecule has 2 N–H and O–H groups in total. The molecule has 2 aromatic carbocycles. The summed E-state index contributed by atoms with van der Waals surface area (Å²) in [7, 11) is 3.32. The van der Waals surface area contributed by atoms with Crippen molar-refractivity contribution in [2.24, 2.45) is 23.7 Å². The monoisotopic (exact) mass is 545 g/mol. The van der Waals surface area contributed by atoms with E-state index in [0.29, 0.717) is 50.2 Å². The van der Waals surface area contributed by atoms with Gasteiger partial charge in [-0.25, -0.2) is 4.39 Å². The third-order valence-electron chi connectivity index (χ3n) is 7.34. The Morgan fingerprint density at radius 2 is 1.62 bits per heavy atom. The first kappa shape index (κ1) is 32.6. The van der Waals surface area contributed by atoms with Crippen molar-refractivity contribution < 1.29 is 28.5 Å². The maximum absolute atomic E-state index is 13.2. The first-order valence-electron chi connectivity index (χ1n) is 14.1. The lowest BCUT2D eigenvalue weighted by Crippen LogP contribution is -2.35. The zero-order chi connectivity index (χ0) is 28.8.